The summed E-state index contributed by atoms with van der Waals surface area (Å²) in [6.45, 7) is 1.64. The van der Waals surface area contributed by atoms with Gasteiger partial charge in [0, 0.05) is 0 Å². The molecule has 1 saturated heterocycles. The van der Waals surface area contributed by atoms with Gasteiger partial charge in [0.05, 0.1) is 17.1 Å². The van der Waals surface area contributed by atoms with E-state index in [-0.39, 0.29) is 18.8 Å². The molecule has 2 aliphatic rings. The zero-order chi connectivity index (χ0) is 12.1. The van der Waals surface area contributed by atoms with E-state index in [0.717, 1.165) is 0 Å². The van der Waals surface area contributed by atoms with Gasteiger partial charge in [-0.25, -0.2) is 0 Å². The number of carbonyl (C=O) groups excluding carboxylic acids is 2. The van der Waals surface area contributed by atoms with Gasteiger partial charge >= 0.3 is 11.9 Å². The van der Waals surface area contributed by atoms with Crippen LogP contribution in [-0.4, -0.2) is 30.2 Å². The molecule has 0 aromatic heterocycles. The molecule has 1 N–H and O–H groups in total. The predicted molar refractivity (Wildman–Crippen MR) is 51.8 cm³/mol. The van der Waals surface area contributed by atoms with E-state index in [4.69, 9.17) is 4.55 Å². The molecule has 1 aliphatic carbocycles. The molecule has 0 bridgehead atoms. The first-order chi connectivity index (χ1) is 7.30. The van der Waals surface area contributed by atoms with Crippen molar-refractivity contribution in [2.24, 2.45) is 17.8 Å². The lowest BCUT2D eigenvalue weighted by Gasteiger charge is -2.31. The fraction of sp³-hybridized carbons (Fsp3) is 0.778. The van der Waals surface area contributed by atoms with Gasteiger partial charge in [-0.15, -0.1) is 0 Å². The van der Waals surface area contributed by atoms with Crippen molar-refractivity contribution in [1.29, 1.82) is 0 Å². The van der Waals surface area contributed by atoms with Crippen molar-refractivity contribution in [3.63, 3.8) is 0 Å². The van der Waals surface area contributed by atoms with Crippen molar-refractivity contribution in [2.45, 2.75) is 25.0 Å². The highest BCUT2D eigenvalue weighted by Crippen LogP contribution is 2.41. The van der Waals surface area contributed by atoms with Crippen molar-refractivity contribution in [1.82, 2.24) is 0 Å². The number of hydrogen-bond donors (Lipinski definition) is 1. The van der Waals surface area contributed by atoms with Crippen LogP contribution in [0, 0.1) is 17.8 Å². The summed E-state index contributed by atoms with van der Waals surface area (Å²) in [4.78, 5) is 22.5. The Hall–Kier alpha value is -0.950. The van der Waals surface area contributed by atoms with Crippen LogP contribution in [0.5, 0.6) is 0 Å². The first kappa shape index (κ1) is 11.5. The number of esters is 2. The fourth-order valence-corrected chi connectivity index (χ4v) is 3.70. The maximum absolute atomic E-state index is 11.3. The Balaban J connectivity index is 2.27. The molecule has 0 radical (unpaired) electrons. The van der Waals surface area contributed by atoms with Crippen LogP contribution in [-0.2, 0) is 24.4 Å². The first-order valence-electron chi connectivity index (χ1n) is 5.02. The minimum Gasteiger partial charge on any atom is -0.393 e. The van der Waals surface area contributed by atoms with Crippen LogP contribution in [0.2, 0.25) is 0 Å². The van der Waals surface area contributed by atoms with Crippen LogP contribution in [0.3, 0.4) is 0 Å². The summed E-state index contributed by atoms with van der Waals surface area (Å²) in [6.07, 6.45) is 0.231. The number of carbonyl (C=O) groups is 2. The Morgan fingerprint density at radius 1 is 1.19 bits per heavy atom. The SMILES string of the molecule is CC1CC2C(=O)OC(=O)C2CC1S(=O)(=O)O. The zero-order valence-electron chi connectivity index (χ0n) is 8.62. The summed E-state index contributed by atoms with van der Waals surface area (Å²) in [5, 5.41) is -0.979. The van der Waals surface area contributed by atoms with Crippen molar-refractivity contribution in [3.8, 4) is 0 Å². The Morgan fingerprint density at radius 2 is 1.69 bits per heavy atom. The largest absolute Gasteiger partial charge is 0.393 e. The molecule has 1 heterocycles. The molecule has 0 aromatic carbocycles. The van der Waals surface area contributed by atoms with E-state index in [2.05, 4.69) is 4.74 Å². The summed E-state index contributed by atoms with van der Waals surface area (Å²) in [5.41, 5.74) is 0. The molecule has 2 rings (SSSR count). The highest BCUT2D eigenvalue weighted by Gasteiger charge is 2.52. The first-order valence-corrected chi connectivity index (χ1v) is 6.53. The summed E-state index contributed by atoms with van der Waals surface area (Å²) in [6, 6.07) is 0. The van der Waals surface area contributed by atoms with Gasteiger partial charge in [0.15, 0.2) is 0 Å². The Labute approximate surface area is 92.7 Å². The van der Waals surface area contributed by atoms with Gasteiger partial charge in [0.2, 0.25) is 0 Å². The maximum Gasteiger partial charge on any atom is 0.317 e. The van der Waals surface area contributed by atoms with Crippen LogP contribution in [0.25, 0.3) is 0 Å². The average molecular weight is 248 g/mol. The molecular weight excluding hydrogens is 236 g/mol. The normalized spacial score (nSPS) is 39.4. The van der Waals surface area contributed by atoms with E-state index in [1.807, 2.05) is 0 Å². The molecule has 16 heavy (non-hydrogen) atoms. The molecular formula is C9H12O6S. The van der Waals surface area contributed by atoms with Gasteiger partial charge in [-0.1, -0.05) is 6.92 Å². The van der Waals surface area contributed by atoms with Crippen LogP contribution in [0.15, 0.2) is 0 Å². The minimum atomic E-state index is -4.17. The standard InChI is InChI=1S/C9H12O6S/c1-4-2-5-6(9(11)15-8(5)10)3-7(4)16(12,13)14/h4-7H,2-3H2,1H3,(H,12,13,14). The lowest BCUT2D eigenvalue weighted by Crippen LogP contribution is -2.39. The van der Waals surface area contributed by atoms with E-state index in [9.17, 15) is 18.0 Å². The summed E-state index contributed by atoms with van der Waals surface area (Å²) < 4.78 is 35.7. The second-order valence-electron chi connectivity index (χ2n) is 4.46. The van der Waals surface area contributed by atoms with Crippen LogP contribution >= 0.6 is 0 Å². The third kappa shape index (κ3) is 1.73. The summed E-state index contributed by atoms with van der Waals surface area (Å²) in [5.74, 6) is -2.85. The molecule has 0 spiro atoms. The second kappa shape index (κ2) is 3.53. The predicted octanol–water partition coefficient (Wildman–Crippen LogP) is -0.0115. The van der Waals surface area contributed by atoms with Gasteiger partial charge in [-0.2, -0.15) is 8.42 Å². The Kier molecular flexibility index (Phi) is 2.54. The Bertz CT molecular complexity index is 439. The lowest BCUT2D eigenvalue weighted by atomic mass is 9.76. The molecule has 90 valence electrons. The molecule has 6 nitrogen and oxygen atoms in total. The molecule has 4 atom stereocenters. The van der Waals surface area contributed by atoms with Crippen LogP contribution in [0.4, 0.5) is 0 Å². The molecule has 0 amide bonds. The summed E-state index contributed by atoms with van der Waals surface area (Å²) in [7, 11) is -4.17. The fourth-order valence-electron chi connectivity index (χ4n) is 2.55. The van der Waals surface area contributed by atoms with Gasteiger partial charge < -0.3 is 4.74 Å². The molecule has 2 fully saturated rings. The second-order valence-corrected chi connectivity index (χ2v) is 6.09. The molecule has 1 saturated carbocycles. The number of fused-ring (bicyclic) bond motifs is 1. The van der Waals surface area contributed by atoms with Gasteiger partial charge in [-0.3, -0.25) is 14.1 Å². The van der Waals surface area contributed by atoms with Crippen LogP contribution < -0.4 is 0 Å². The average Bonchev–Trinajstić information content (AvgIpc) is 2.39. The molecule has 0 aromatic rings. The number of hydrogen-bond acceptors (Lipinski definition) is 5. The molecule has 4 unspecified atom stereocenters. The monoisotopic (exact) mass is 248 g/mol. The van der Waals surface area contributed by atoms with E-state index >= 15 is 0 Å². The lowest BCUT2D eigenvalue weighted by molar-refractivity contribution is -0.153. The van der Waals surface area contributed by atoms with E-state index in [0.29, 0.717) is 0 Å². The number of rotatable bonds is 1. The third-order valence-electron chi connectivity index (χ3n) is 3.42. The van der Waals surface area contributed by atoms with Crippen molar-refractivity contribution in [3.05, 3.63) is 0 Å². The van der Waals surface area contributed by atoms with E-state index in [1.165, 1.54) is 0 Å². The van der Waals surface area contributed by atoms with Gasteiger partial charge in [0.1, 0.15) is 0 Å². The molecule has 7 heteroatoms. The quantitative estimate of drug-likeness (QED) is 0.398. The van der Waals surface area contributed by atoms with Crippen molar-refractivity contribution in [2.75, 3.05) is 0 Å². The highest BCUT2D eigenvalue weighted by atomic mass is 32.2. The minimum absolute atomic E-state index is 0.0325. The van der Waals surface area contributed by atoms with Crippen molar-refractivity contribution < 1.29 is 27.3 Å². The number of ether oxygens (including phenoxy) is 1. The van der Waals surface area contributed by atoms with E-state index < -0.39 is 39.1 Å². The smallest absolute Gasteiger partial charge is 0.317 e. The van der Waals surface area contributed by atoms with Gasteiger partial charge in [0.25, 0.3) is 10.1 Å². The summed E-state index contributed by atoms with van der Waals surface area (Å²) >= 11 is 0. The maximum atomic E-state index is 11.3. The van der Waals surface area contributed by atoms with Gasteiger partial charge in [-0.05, 0) is 18.8 Å². The third-order valence-corrected chi connectivity index (χ3v) is 4.84. The van der Waals surface area contributed by atoms with E-state index in [1.54, 1.807) is 6.92 Å². The number of cyclic esters (lactones) is 2. The van der Waals surface area contributed by atoms with Crippen LogP contribution in [0.1, 0.15) is 19.8 Å². The molecule has 1 aliphatic heterocycles. The topological polar surface area (TPSA) is 97.7 Å². The Morgan fingerprint density at radius 3 is 2.19 bits per heavy atom. The highest BCUT2D eigenvalue weighted by molar-refractivity contribution is 7.86. The van der Waals surface area contributed by atoms with Crippen molar-refractivity contribution >= 4 is 22.1 Å². The zero-order valence-corrected chi connectivity index (χ0v) is 9.44.